The van der Waals surface area contributed by atoms with E-state index in [1.165, 1.54) is 4.90 Å². The Morgan fingerprint density at radius 1 is 0.939 bits per heavy atom. The van der Waals surface area contributed by atoms with Gasteiger partial charge < -0.3 is 9.47 Å². The number of carbonyl (C=O) groups excluding carboxylic acids is 2. The number of ether oxygens (including phenoxy) is 2. The summed E-state index contributed by atoms with van der Waals surface area (Å²) in [5, 5.41) is 1.97. The topological polar surface area (TPSA) is 55.8 Å². The van der Waals surface area contributed by atoms with Crippen molar-refractivity contribution in [1.82, 2.24) is 0 Å². The molecule has 0 N–H and O–H groups in total. The van der Waals surface area contributed by atoms with E-state index in [-0.39, 0.29) is 17.3 Å². The summed E-state index contributed by atoms with van der Waals surface area (Å²) in [6.45, 7) is 1.98. The second kappa shape index (κ2) is 8.76. The number of anilines is 2. The fraction of sp³-hybridized carbons (Fsp3) is 0.0370. The molecule has 162 valence electrons. The van der Waals surface area contributed by atoms with Crippen LogP contribution < -0.4 is 14.4 Å². The maximum Gasteiger partial charge on any atom is 0.424 e. The molecule has 1 amide bonds. The second-order valence-corrected chi connectivity index (χ2v) is 8.39. The van der Waals surface area contributed by atoms with Crippen molar-refractivity contribution in [2.75, 3.05) is 4.90 Å². The molecule has 2 heterocycles. The minimum atomic E-state index is -0.568. The number of aryl methyl sites for hydroxylation is 1. The maximum absolute atomic E-state index is 13.2. The molecule has 0 atom stereocenters. The summed E-state index contributed by atoms with van der Waals surface area (Å²) in [6, 6.07) is 25.3. The lowest BCUT2D eigenvalue weighted by atomic mass is 10.1. The molecular formula is C27H19NO4S. The zero-order chi connectivity index (χ0) is 22.8. The van der Waals surface area contributed by atoms with Crippen molar-refractivity contribution in [3.63, 3.8) is 0 Å². The molecule has 0 aliphatic carbocycles. The molecule has 1 aliphatic rings. The van der Waals surface area contributed by atoms with Crippen LogP contribution in [0.4, 0.5) is 16.2 Å². The van der Waals surface area contributed by atoms with E-state index in [0.717, 1.165) is 10.4 Å². The van der Waals surface area contributed by atoms with Crippen LogP contribution in [-0.2, 0) is 0 Å². The Balaban J connectivity index is 1.41. The number of para-hydroxylation sites is 2. The summed E-state index contributed by atoms with van der Waals surface area (Å²) in [7, 11) is 0. The molecule has 0 spiro atoms. The highest BCUT2D eigenvalue weighted by Crippen LogP contribution is 2.36. The average molecular weight is 454 g/mol. The average Bonchev–Trinajstić information content (AvgIpc) is 3.38. The van der Waals surface area contributed by atoms with Crippen molar-refractivity contribution in [2.24, 2.45) is 0 Å². The molecule has 0 fully saturated rings. The van der Waals surface area contributed by atoms with Gasteiger partial charge in [-0.2, -0.15) is 0 Å². The van der Waals surface area contributed by atoms with Gasteiger partial charge in [0.05, 0.1) is 16.9 Å². The lowest BCUT2D eigenvalue weighted by Crippen LogP contribution is -2.29. The fourth-order valence-electron chi connectivity index (χ4n) is 3.54. The second-order valence-electron chi connectivity index (χ2n) is 7.44. The van der Waals surface area contributed by atoms with Gasteiger partial charge in [-0.1, -0.05) is 36.4 Å². The summed E-state index contributed by atoms with van der Waals surface area (Å²) in [5.41, 5.74) is 2.88. The quantitative estimate of drug-likeness (QED) is 0.312. The largest absolute Gasteiger partial charge is 0.452 e. The Bertz CT molecular complexity index is 1320. The normalized spacial score (nSPS) is 13.5. The molecule has 5 nitrogen and oxygen atoms in total. The van der Waals surface area contributed by atoms with Crippen molar-refractivity contribution < 1.29 is 19.1 Å². The van der Waals surface area contributed by atoms with Crippen LogP contribution in [0.2, 0.25) is 0 Å². The highest BCUT2D eigenvalue weighted by molar-refractivity contribution is 7.11. The van der Waals surface area contributed by atoms with E-state index < -0.39 is 6.09 Å². The number of ketones is 1. The van der Waals surface area contributed by atoms with Crippen molar-refractivity contribution in [3.05, 3.63) is 112 Å². The number of allylic oxidation sites excluding steroid dienone is 1. The molecule has 0 unspecified atom stereocenters. The number of Topliss-reactive ketones (excluding diaryl/α,β-unsaturated/α-hetero) is 1. The highest BCUT2D eigenvalue weighted by Gasteiger charge is 2.29. The van der Waals surface area contributed by atoms with Gasteiger partial charge in [0.2, 0.25) is 5.78 Å². The van der Waals surface area contributed by atoms with Crippen molar-refractivity contribution in [2.45, 2.75) is 6.92 Å². The Morgan fingerprint density at radius 2 is 1.61 bits per heavy atom. The first-order valence-corrected chi connectivity index (χ1v) is 11.2. The third kappa shape index (κ3) is 4.16. The van der Waals surface area contributed by atoms with Gasteiger partial charge in [-0.05, 0) is 60.3 Å². The summed E-state index contributed by atoms with van der Waals surface area (Å²) in [4.78, 5) is 28.4. The van der Waals surface area contributed by atoms with E-state index in [9.17, 15) is 9.59 Å². The van der Waals surface area contributed by atoms with E-state index in [1.54, 1.807) is 35.6 Å². The molecule has 0 saturated heterocycles. The Morgan fingerprint density at radius 3 is 2.21 bits per heavy atom. The third-order valence-corrected chi connectivity index (χ3v) is 6.19. The van der Waals surface area contributed by atoms with Gasteiger partial charge in [0, 0.05) is 17.0 Å². The smallest absolute Gasteiger partial charge is 0.424 e. The SMILES string of the molecule is Cc1ccsc1C=C1Oc2cc(OC(=O)N(c3ccccc3)c3ccccc3)ccc2C1=O. The maximum atomic E-state index is 13.2. The lowest BCUT2D eigenvalue weighted by molar-refractivity contribution is 0.101. The van der Waals surface area contributed by atoms with Crippen molar-refractivity contribution >= 4 is 40.7 Å². The molecule has 4 aromatic rings. The number of rotatable bonds is 4. The molecule has 1 aliphatic heterocycles. The van der Waals surface area contributed by atoms with Gasteiger partial charge in [0.1, 0.15) is 11.5 Å². The van der Waals surface area contributed by atoms with E-state index in [2.05, 4.69) is 0 Å². The van der Waals surface area contributed by atoms with Gasteiger partial charge in [0.15, 0.2) is 5.76 Å². The summed E-state index contributed by atoms with van der Waals surface area (Å²) >= 11 is 1.54. The fourth-order valence-corrected chi connectivity index (χ4v) is 4.39. The predicted octanol–water partition coefficient (Wildman–Crippen LogP) is 7.01. The molecule has 0 saturated carbocycles. The first-order chi connectivity index (χ1) is 16.1. The molecule has 5 rings (SSSR count). The number of fused-ring (bicyclic) bond motifs is 1. The first-order valence-electron chi connectivity index (χ1n) is 10.3. The number of thiophene rings is 1. The van der Waals surface area contributed by atoms with E-state index in [1.807, 2.05) is 79.0 Å². The molecule has 0 radical (unpaired) electrons. The van der Waals surface area contributed by atoms with Crippen LogP contribution in [0.25, 0.3) is 6.08 Å². The first kappa shape index (κ1) is 20.7. The predicted molar refractivity (Wildman–Crippen MR) is 129 cm³/mol. The van der Waals surface area contributed by atoms with Crippen LogP contribution in [0.1, 0.15) is 20.8 Å². The summed E-state index contributed by atoms with van der Waals surface area (Å²) in [6.07, 6.45) is 1.18. The molecule has 33 heavy (non-hydrogen) atoms. The van der Waals surface area contributed by atoms with Gasteiger partial charge in [-0.3, -0.25) is 4.79 Å². The Labute approximate surface area is 195 Å². The monoisotopic (exact) mass is 453 g/mol. The van der Waals surface area contributed by atoms with E-state index >= 15 is 0 Å². The summed E-state index contributed by atoms with van der Waals surface area (Å²) < 4.78 is 11.5. The number of benzene rings is 3. The van der Waals surface area contributed by atoms with E-state index in [4.69, 9.17) is 9.47 Å². The Kier molecular flexibility index (Phi) is 5.50. The number of nitrogens with zero attached hydrogens (tertiary/aromatic N) is 1. The third-order valence-electron chi connectivity index (χ3n) is 5.22. The van der Waals surface area contributed by atoms with Crippen LogP contribution in [0.15, 0.2) is 96.1 Å². The van der Waals surface area contributed by atoms with Crippen LogP contribution in [-0.4, -0.2) is 11.9 Å². The molecule has 3 aromatic carbocycles. The highest BCUT2D eigenvalue weighted by atomic mass is 32.1. The lowest BCUT2D eigenvalue weighted by Gasteiger charge is -2.22. The number of hydrogen-bond acceptors (Lipinski definition) is 5. The van der Waals surface area contributed by atoms with Crippen molar-refractivity contribution in [1.29, 1.82) is 0 Å². The zero-order valence-electron chi connectivity index (χ0n) is 17.7. The van der Waals surface area contributed by atoms with Gasteiger partial charge in [0.25, 0.3) is 0 Å². The van der Waals surface area contributed by atoms with E-state index in [0.29, 0.717) is 22.7 Å². The van der Waals surface area contributed by atoms with Crippen LogP contribution in [0.3, 0.4) is 0 Å². The molecule has 0 bridgehead atoms. The van der Waals surface area contributed by atoms with Crippen LogP contribution in [0, 0.1) is 6.92 Å². The minimum absolute atomic E-state index is 0.189. The molecule has 6 heteroatoms. The van der Waals surface area contributed by atoms with Gasteiger partial charge in [-0.25, -0.2) is 9.69 Å². The van der Waals surface area contributed by atoms with Crippen molar-refractivity contribution in [3.8, 4) is 11.5 Å². The molecule has 1 aromatic heterocycles. The standard InChI is InChI=1S/C27H19NO4S/c1-18-14-15-33-25(18)17-24-26(29)22-13-12-21(16-23(22)32-24)31-27(30)28(19-8-4-2-5-9-19)20-10-6-3-7-11-20/h2-17H,1H3. The minimum Gasteiger partial charge on any atom is -0.452 e. The Hall–Kier alpha value is -4.16. The number of carbonyl (C=O) groups is 2. The summed E-state index contributed by atoms with van der Waals surface area (Å²) in [5.74, 6) is 0.730. The van der Waals surface area contributed by atoms with Gasteiger partial charge in [-0.15, -0.1) is 11.3 Å². The molecular weight excluding hydrogens is 434 g/mol. The number of hydrogen-bond donors (Lipinski definition) is 0. The van der Waals surface area contributed by atoms with Crippen LogP contribution in [0.5, 0.6) is 11.5 Å². The van der Waals surface area contributed by atoms with Crippen LogP contribution >= 0.6 is 11.3 Å². The number of amides is 1. The van der Waals surface area contributed by atoms with Gasteiger partial charge >= 0.3 is 6.09 Å². The zero-order valence-corrected chi connectivity index (χ0v) is 18.5.